The van der Waals surface area contributed by atoms with Crippen molar-refractivity contribution in [3.63, 3.8) is 0 Å². The summed E-state index contributed by atoms with van der Waals surface area (Å²) in [5.74, 6) is 0. The molecule has 0 aromatic heterocycles. The third kappa shape index (κ3) is 37.7. The maximum Gasteiger partial charge on any atom is 0.0701 e. The van der Waals surface area contributed by atoms with Crippen LogP contribution in [0.3, 0.4) is 0 Å². The molecule has 0 amide bonds. The summed E-state index contributed by atoms with van der Waals surface area (Å²) in [6.07, 6.45) is 0. The van der Waals surface area contributed by atoms with Crippen molar-refractivity contribution in [2.24, 2.45) is 0 Å². The normalized spacial score (nSPS) is 24.0. The smallest absolute Gasteiger partial charge is 0.0701 e. The Balaban J connectivity index is 2.00. The van der Waals surface area contributed by atoms with Gasteiger partial charge in [0.1, 0.15) is 0 Å². The van der Waals surface area contributed by atoms with Gasteiger partial charge in [-0.3, -0.25) is 0 Å². The summed E-state index contributed by atoms with van der Waals surface area (Å²) in [6.45, 7) is 15.3. The SMILES string of the molecule is C1COCCOCCOCCOCCOCCOCCOCCOCCOCCOCCOCCOCCOCCOCCO1. The zero-order valence-electron chi connectivity index (χ0n) is 27.3. The molecule has 0 bridgehead atoms. The summed E-state index contributed by atoms with van der Waals surface area (Å²) in [6, 6.07) is 0. The van der Waals surface area contributed by atoms with Crippen LogP contribution in [0.1, 0.15) is 0 Å². The van der Waals surface area contributed by atoms with Crippen molar-refractivity contribution >= 4 is 0 Å². The molecule has 0 spiro atoms. The van der Waals surface area contributed by atoms with E-state index in [1.165, 1.54) is 0 Å². The summed E-state index contributed by atoms with van der Waals surface area (Å²) in [4.78, 5) is 0. The molecule has 0 unspecified atom stereocenters. The maximum atomic E-state index is 5.48. The second kappa shape index (κ2) is 39.6. The molecule has 1 fully saturated rings. The first-order chi connectivity index (χ1) is 22.5. The molecule has 0 aliphatic carbocycles. The Morgan fingerprint density at radius 2 is 0.133 bits per heavy atom. The Bertz CT molecular complexity index is 288. The first-order valence-corrected chi connectivity index (χ1v) is 16.2. The molecule has 1 saturated heterocycles. The quantitative estimate of drug-likeness (QED) is 0.351. The van der Waals surface area contributed by atoms with Crippen LogP contribution in [0, 0.1) is 0 Å². The van der Waals surface area contributed by atoms with E-state index in [1.807, 2.05) is 0 Å². The van der Waals surface area contributed by atoms with Crippen LogP contribution in [0.2, 0.25) is 0 Å². The zero-order valence-corrected chi connectivity index (χ0v) is 27.3. The summed E-state index contributed by atoms with van der Waals surface area (Å²) < 4.78 is 82.2. The van der Waals surface area contributed by atoms with Gasteiger partial charge in [0, 0.05) is 0 Å². The van der Waals surface area contributed by atoms with Crippen LogP contribution in [-0.4, -0.2) is 198 Å². The van der Waals surface area contributed by atoms with Crippen molar-refractivity contribution in [2.45, 2.75) is 0 Å². The first-order valence-electron chi connectivity index (χ1n) is 16.2. The average Bonchev–Trinajstić information content (AvgIpc) is 3.05. The van der Waals surface area contributed by atoms with E-state index in [0.717, 1.165) is 0 Å². The number of rotatable bonds is 0. The molecule has 0 atom stereocenters. The second-order valence-corrected chi connectivity index (χ2v) is 9.19. The van der Waals surface area contributed by atoms with E-state index >= 15 is 0 Å². The minimum atomic E-state index is 0.510. The van der Waals surface area contributed by atoms with E-state index in [9.17, 15) is 0 Å². The predicted molar refractivity (Wildman–Crippen MR) is 162 cm³/mol. The van der Waals surface area contributed by atoms with Crippen LogP contribution in [0.25, 0.3) is 0 Å². The van der Waals surface area contributed by atoms with Crippen LogP contribution in [0.5, 0.6) is 0 Å². The molecule has 0 aromatic rings. The highest BCUT2D eigenvalue weighted by Crippen LogP contribution is 1.88. The molecule has 0 N–H and O–H groups in total. The maximum absolute atomic E-state index is 5.48. The summed E-state index contributed by atoms with van der Waals surface area (Å²) in [5.41, 5.74) is 0. The van der Waals surface area contributed by atoms with Gasteiger partial charge in [-0.05, 0) is 0 Å². The fourth-order valence-corrected chi connectivity index (χ4v) is 3.30. The summed E-state index contributed by atoms with van der Waals surface area (Å²) in [7, 11) is 0. The van der Waals surface area contributed by atoms with Crippen molar-refractivity contribution < 1.29 is 71.1 Å². The molecule has 0 radical (unpaired) electrons. The van der Waals surface area contributed by atoms with Crippen LogP contribution in [-0.2, 0) is 71.1 Å². The van der Waals surface area contributed by atoms with Gasteiger partial charge in [-0.15, -0.1) is 0 Å². The van der Waals surface area contributed by atoms with Gasteiger partial charge >= 0.3 is 0 Å². The van der Waals surface area contributed by atoms with E-state index in [4.69, 9.17) is 71.1 Å². The average molecular weight is 661 g/mol. The second-order valence-electron chi connectivity index (χ2n) is 9.19. The molecule has 1 aliphatic heterocycles. The van der Waals surface area contributed by atoms with Gasteiger partial charge in [0.15, 0.2) is 0 Å². The highest BCUT2D eigenvalue weighted by molar-refractivity contribution is 4.40. The molecular weight excluding hydrogens is 600 g/mol. The van der Waals surface area contributed by atoms with Gasteiger partial charge in [0.25, 0.3) is 0 Å². The van der Waals surface area contributed by atoms with Crippen LogP contribution < -0.4 is 0 Å². The molecule has 1 rings (SSSR count). The Kier molecular flexibility index (Phi) is 37.3. The van der Waals surface area contributed by atoms with Crippen LogP contribution in [0.15, 0.2) is 0 Å². The Hall–Kier alpha value is -0.600. The van der Waals surface area contributed by atoms with Crippen molar-refractivity contribution in [3.8, 4) is 0 Å². The monoisotopic (exact) mass is 660 g/mol. The zero-order chi connectivity index (χ0) is 31.8. The van der Waals surface area contributed by atoms with Gasteiger partial charge in [0.05, 0.1) is 198 Å². The highest BCUT2D eigenvalue weighted by atomic mass is 16.6. The topological polar surface area (TPSA) is 138 Å². The molecule has 1 aliphatic rings. The summed E-state index contributed by atoms with van der Waals surface area (Å²) in [5, 5.41) is 0. The highest BCUT2D eigenvalue weighted by Gasteiger charge is 1.98. The Labute approximate surface area is 269 Å². The van der Waals surface area contributed by atoms with Crippen LogP contribution >= 0.6 is 0 Å². The molecule has 45 heavy (non-hydrogen) atoms. The molecule has 270 valence electrons. The van der Waals surface area contributed by atoms with Crippen molar-refractivity contribution in [1.29, 1.82) is 0 Å². The number of hydrogen-bond donors (Lipinski definition) is 0. The molecular formula is C30H60O15. The third-order valence-electron chi connectivity index (χ3n) is 5.58. The molecule has 0 saturated carbocycles. The fraction of sp³-hybridized carbons (Fsp3) is 1.00. The lowest BCUT2D eigenvalue weighted by molar-refractivity contribution is -0.0294. The van der Waals surface area contributed by atoms with Crippen LogP contribution in [0.4, 0.5) is 0 Å². The molecule has 15 nitrogen and oxygen atoms in total. The van der Waals surface area contributed by atoms with Gasteiger partial charge in [-0.25, -0.2) is 0 Å². The molecule has 0 aromatic carbocycles. The van der Waals surface area contributed by atoms with Gasteiger partial charge in [-0.2, -0.15) is 0 Å². The van der Waals surface area contributed by atoms with Gasteiger partial charge < -0.3 is 71.1 Å². The minimum Gasteiger partial charge on any atom is -0.377 e. The Morgan fingerprint density at radius 1 is 0.0889 bits per heavy atom. The lowest BCUT2D eigenvalue weighted by Gasteiger charge is -2.09. The van der Waals surface area contributed by atoms with Gasteiger partial charge in [-0.1, -0.05) is 0 Å². The third-order valence-corrected chi connectivity index (χ3v) is 5.58. The fourth-order valence-electron chi connectivity index (χ4n) is 3.30. The molecule has 15 heteroatoms. The first kappa shape index (κ1) is 42.4. The molecule has 1 heterocycles. The van der Waals surface area contributed by atoms with E-state index in [2.05, 4.69) is 0 Å². The van der Waals surface area contributed by atoms with E-state index in [-0.39, 0.29) is 0 Å². The Morgan fingerprint density at radius 3 is 0.178 bits per heavy atom. The van der Waals surface area contributed by atoms with Crippen molar-refractivity contribution in [3.05, 3.63) is 0 Å². The van der Waals surface area contributed by atoms with E-state index in [1.54, 1.807) is 0 Å². The van der Waals surface area contributed by atoms with Crippen molar-refractivity contribution in [1.82, 2.24) is 0 Å². The van der Waals surface area contributed by atoms with Gasteiger partial charge in [0.2, 0.25) is 0 Å². The minimum absolute atomic E-state index is 0.510. The van der Waals surface area contributed by atoms with Crippen molar-refractivity contribution in [2.75, 3.05) is 198 Å². The lowest BCUT2D eigenvalue weighted by atomic mass is 10.6. The number of hydrogen-bond acceptors (Lipinski definition) is 15. The standard InChI is InChI=1S/C30H60O15/c1-2-32-5-6-34-9-10-36-13-14-38-17-18-40-21-22-42-25-26-44-29-30-45-28-27-43-24-23-41-20-19-39-16-15-37-12-11-35-8-7-33-4-3-31-1/h1-30H2. The van der Waals surface area contributed by atoms with E-state index < -0.39 is 0 Å². The predicted octanol–water partition coefficient (Wildman–Crippen LogP) is 0.249. The lowest BCUT2D eigenvalue weighted by Crippen LogP contribution is -2.15. The summed E-state index contributed by atoms with van der Waals surface area (Å²) >= 11 is 0. The number of ether oxygens (including phenoxy) is 15. The van der Waals surface area contributed by atoms with E-state index in [0.29, 0.717) is 198 Å². The largest absolute Gasteiger partial charge is 0.377 e.